The molecule has 25 heavy (non-hydrogen) atoms. The number of aromatic hydroxyl groups is 1. The van der Waals surface area contributed by atoms with E-state index in [9.17, 15) is 31.3 Å². The fraction of sp³-hybridized carbons (Fsp3) is 0.154. The van der Waals surface area contributed by atoms with Crippen molar-refractivity contribution in [2.45, 2.75) is 9.79 Å². The Hall–Kier alpha value is -2.25. The van der Waals surface area contributed by atoms with Gasteiger partial charge in [-0.2, -0.15) is 16.8 Å². The van der Waals surface area contributed by atoms with Crippen LogP contribution in [0.5, 0.6) is 5.75 Å². The van der Waals surface area contributed by atoms with Crippen LogP contribution in [0.15, 0.2) is 34.1 Å². The van der Waals surface area contributed by atoms with Gasteiger partial charge in [-0.15, -0.1) is 0 Å². The van der Waals surface area contributed by atoms with Crippen molar-refractivity contribution in [1.82, 2.24) is 5.32 Å². The fourth-order valence-corrected chi connectivity index (χ4v) is 3.45. The third kappa shape index (κ3) is 4.05. The molecule has 0 radical (unpaired) electrons. The number of carbonyl (C=O) groups excluding carboxylic acids is 1. The summed E-state index contributed by atoms with van der Waals surface area (Å²) in [7, 11) is -8.01. The normalized spacial score (nSPS) is 12.3. The number of hydrogen-bond acceptors (Lipinski definition) is 7. The third-order valence-electron chi connectivity index (χ3n) is 3.21. The topological polar surface area (TPSA) is 170 Å². The molecular formula is C13H14N2O8S2. The summed E-state index contributed by atoms with van der Waals surface area (Å²) in [6, 6.07) is 3.52. The SMILES string of the molecule is CNCC(=O)Nc1ccc(S(=O)(=O)O)c2cc(S(=O)(=O)O)cc(O)c12. The lowest BCUT2D eigenvalue weighted by molar-refractivity contribution is -0.115. The second-order valence-electron chi connectivity index (χ2n) is 5.00. The highest BCUT2D eigenvalue weighted by atomic mass is 32.2. The minimum atomic E-state index is -4.78. The van der Waals surface area contributed by atoms with Crippen molar-refractivity contribution >= 4 is 42.6 Å². The van der Waals surface area contributed by atoms with Gasteiger partial charge < -0.3 is 15.7 Å². The zero-order valence-corrected chi connectivity index (χ0v) is 14.3. The molecular weight excluding hydrogens is 376 g/mol. The zero-order valence-electron chi connectivity index (χ0n) is 12.7. The first-order chi connectivity index (χ1) is 11.4. The van der Waals surface area contributed by atoms with Gasteiger partial charge in [-0.25, -0.2) is 0 Å². The number of phenolic OH excluding ortho intramolecular Hbond substituents is 1. The molecule has 0 unspecified atom stereocenters. The van der Waals surface area contributed by atoms with Gasteiger partial charge in [-0.05, 0) is 25.2 Å². The van der Waals surface area contributed by atoms with E-state index in [4.69, 9.17) is 4.55 Å². The molecule has 2 aromatic carbocycles. The van der Waals surface area contributed by atoms with Gasteiger partial charge in [0.1, 0.15) is 10.6 Å². The van der Waals surface area contributed by atoms with Crippen LogP contribution in [-0.2, 0) is 25.0 Å². The lowest BCUT2D eigenvalue weighted by Gasteiger charge is -2.13. The van der Waals surface area contributed by atoms with Crippen molar-refractivity contribution in [3.8, 4) is 5.75 Å². The summed E-state index contributed by atoms with van der Waals surface area (Å²) in [5.74, 6) is -1.22. The lowest BCUT2D eigenvalue weighted by Crippen LogP contribution is -2.25. The quantitative estimate of drug-likeness (QED) is 0.447. The summed E-state index contributed by atoms with van der Waals surface area (Å²) in [6.07, 6.45) is 0. The van der Waals surface area contributed by atoms with E-state index in [-0.39, 0.29) is 17.6 Å². The Morgan fingerprint density at radius 1 is 1.08 bits per heavy atom. The van der Waals surface area contributed by atoms with Gasteiger partial charge in [-0.1, -0.05) is 0 Å². The van der Waals surface area contributed by atoms with Crippen LogP contribution >= 0.6 is 0 Å². The number of likely N-dealkylation sites (N-methyl/N-ethyl adjacent to an activating group) is 1. The summed E-state index contributed by atoms with van der Waals surface area (Å²) in [5, 5.41) is 14.5. The van der Waals surface area contributed by atoms with Crippen LogP contribution in [0.2, 0.25) is 0 Å². The fourth-order valence-electron chi connectivity index (χ4n) is 2.24. The van der Waals surface area contributed by atoms with Crippen LogP contribution in [0.3, 0.4) is 0 Å². The summed E-state index contributed by atoms with van der Waals surface area (Å²) in [4.78, 5) is 10.2. The van der Waals surface area contributed by atoms with Crippen LogP contribution in [0.4, 0.5) is 5.69 Å². The molecule has 5 N–H and O–H groups in total. The van der Waals surface area contributed by atoms with Crippen molar-refractivity contribution in [3.05, 3.63) is 24.3 Å². The standard InChI is InChI=1S/C13H14N2O8S2/c1-14-6-12(17)15-9-2-3-11(25(21,22)23)8-4-7(24(18,19)20)5-10(16)13(8)9/h2-5,14,16H,6H2,1H3,(H,15,17)(H,18,19,20)(H,21,22,23). The van der Waals surface area contributed by atoms with Crippen LogP contribution in [0, 0.1) is 0 Å². The molecule has 0 saturated heterocycles. The van der Waals surface area contributed by atoms with Crippen molar-refractivity contribution in [3.63, 3.8) is 0 Å². The first-order valence-electron chi connectivity index (χ1n) is 6.64. The van der Waals surface area contributed by atoms with E-state index >= 15 is 0 Å². The molecule has 136 valence electrons. The summed E-state index contributed by atoms with van der Waals surface area (Å²) < 4.78 is 64.1. The molecule has 10 nitrogen and oxygen atoms in total. The average molecular weight is 390 g/mol. The van der Waals surface area contributed by atoms with Crippen LogP contribution in [0.25, 0.3) is 10.8 Å². The van der Waals surface area contributed by atoms with Gasteiger partial charge in [0.15, 0.2) is 0 Å². The molecule has 0 atom stereocenters. The van der Waals surface area contributed by atoms with E-state index < -0.39 is 47.1 Å². The highest BCUT2D eigenvalue weighted by Gasteiger charge is 2.22. The predicted octanol–water partition coefficient (Wildman–Crippen LogP) is 0.197. The first kappa shape index (κ1) is 19.1. The number of carbonyl (C=O) groups is 1. The number of hydrogen-bond donors (Lipinski definition) is 5. The third-order valence-corrected chi connectivity index (χ3v) is 4.96. The van der Waals surface area contributed by atoms with E-state index in [0.29, 0.717) is 6.07 Å². The largest absolute Gasteiger partial charge is 0.507 e. The van der Waals surface area contributed by atoms with Crippen LogP contribution in [-0.4, -0.2) is 50.5 Å². The minimum absolute atomic E-state index is 0.0120. The Bertz CT molecular complexity index is 1060. The number of anilines is 1. The van der Waals surface area contributed by atoms with Gasteiger partial charge in [-0.3, -0.25) is 13.9 Å². The van der Waals surface area contributed by atoms with Gasteiger partial charge >= 0.3 is 0 Å². The molecule has 0 saturated carbocycles. The molecule has 2 rings (SSSR count). The number of phenols is 1. The second kappa shape index (κ2) is 6.57. The Morgan fingerprint density at radius 2 is 1.72 bits per heavy atom. The molecule has 0 bridgehead atoms. The monoisotopic (exact) mass is 390 g/mol. The molecule has 0 spiro atoms. The molecule has 0 aliphatic rings. The lowest BCUT2D eigenvalue weighted by atomic mass is 10.1. The van der Waals surface area contributed by atoms with Gasteiger partial charge in [0.25, 0.3) is 20.2 Å². The molecule has 0 aromatic heterocycles. The van der Waals surface area contributed by atoms with Crippen LogP contribution < -0.4 is 10.6 Å². The van der Waals surface area contributed by atoms with Crippen molar-refractivity contribution < 1.29 is 35.8 Å². The molecule has 0 fully saturated rings. The van der Waals surface area contributed by atoms with Crippen molar-refractivity contribution in [2.24, 2.45) is 0 Å². The van der Waals surface area contributed by atoms with E-state index in [1.807, 2.05) is 0 Å². The highest BCUT2D eigenvalue weighted by molar-refractivity contribution is 7.86. The predicted molar refractivity (Wildman–Crippen MR) is 87.8 cm³/mol. The number of fused-ring (bicyclic) bond motifs is 1. The van der Waals surface area contributed by atoms with Crippen molar-refractivity contribution in [1.29, 1.82) is 0 Å². The Labute approximate surface area is 143 Å². The van der Waals surface area contributed by atoms with Crippen LogP contribution in [0.1, 0.15) is 0 Å². The number of rotatable bonds is 5. The Balaban J connectivity index is 2.87. The second-order valence-corrected chi connectivity index (χ2v) is 7.82. The van der Waals surface area contributed by atoms with Gasteiger partial charge in [0.05, 0.1) is 17.1 Å². The summed E-state index contributed by atoms with van der Waals surface area (Å²) in [5.41, 5.74) is -0.0120. The Morgan fingerprint density at radius 3 is 2.24 bits per heavy atom. The summed E-state index contributed by atoms with van der Waals surface area (Å²) in [6.45, 7) is -0.0780. The van der Waals surface area contributed by atoms with E-state index in [1.54, 1.807) is 0 Å². The van der Waals surface area contributed by atoms with Gasteiger partial charge in [0, 0.05) is 16.8 Å². The number of nitrogens with one attached hydrogen (secondary N) is 2. The molecule has 0 heterocycles. The van der Waals surface area contributed by atoms with Gasteiger partial charge in [0.2, 0.25) is 5.91 Å². The number of amides is 1. The zero-order chi connectivity index (χ0) is 19.0. The summed E-state index contributed by atoms with van der Waals surface area (Å²) >= 11 is 0. The average Bonchev–Trinajstić information content (AvgIpc) is 2.44. The molecule has 1 amide bonds. The maximum atomic E-state index is 11.7. The first-order valence-corrected chi connectivity index (χ1v) is 9.52. The van der Waals surface area contributed by atoms with E-state index in [2.05, 4.69) is 10.6 Å². The highest BCUT2D eigenvalue weighted by Crippen LogP contribution is 2.37. The van der Waals surface area contributed by atoms with Crippen molar-refractivity contribution in [2.75, 3.05) is 18.9 Å². The molecule has 12 heteroatoms. The van der Waals surface area contributed by atoms with E-state index in [0.717, 1.165) is 18.2 Å². The molecule has 0 aliphatic heterocycles. The molecule has 0 aliphatic carbocycles. The molecule has 2 aromatic rings. The smallest absolute Gasteiger partial charge is 0.295 e. The Kier molecular flexibility index (Phi) is 5.02. The van der Waals surface area contributed by atoms with E-state index in [1.165, 1.54) is 7.05 Å². The minimum Gasteiger partial charge on any atom is -0.507 e. The maximum absolute atomic E-state index is 11.7. The number of benzene rings is 2. The maximum Gasteiger partial charge on any atom is 0.295 e.